The van der Waals surface area contributed by atoms with Crippen LogP contribution in [-0.4, -0.2) is 40.6 Å². The Morgan fingerprint density at radius 1 is 1.12 bits per heavy atom. The number of benzene rings is 3. The van der Waals surface area contributed by atoms with Crippen molar-refractivity contribution in [2.45, 2.75) is 19.4 Å². The molecule has 1 aliphatic rings. The summed E-state index contributed by atoms with van der Waals surface area (Å²) in [5, 5.41) is 3.07. The molecule has 1 N–H and O–H groups in total. The Bertz CT molecular complexity index is 1300. The lowest BCUT2D eigenvalue weighted by Gasteiger charge is -2.31. The number of nitrogens with one attached hydrogen (secondary N) is 1. The fourth-order valence-corrected chi connectivity index (χ4v) is 5.00. The zero-order valence-electron chi connectivity index (χ0n) is 19.1. The summed E-state index contributed by atoms with van der Waals surface area (Å²) < 4.78 is 8.45. The van der Waals surface area contributed by atoms with Crippen molar-refractivity contribution < 1.29 is 9.53 Å². The highest BCUT2D eigenvalue weighted by atomic mass is 79.9. The van der Waals surface area contributed by atoms with E-state index in [-0.39, 0.29) is 11.8 Å². The molecule has 3 aromatic carbocycles. The van der Waals surface area contributed by atoms with Gasteiger partial charge in [-0.3, -0.25) is 14.3 Å². The normalized spacial score (nSPS) is 16.5. The molecule has 6 nitrogen and oxygen atoms in total. The van der Waals surface area contributed by atoms with E-state index in [9.17, 15) is 4.79 Å². The number of aromatic nitrogens is 2. The van der Waals surface area contributed by atoms with Crippen LogP contribution in [0.3, 0.4) is 0 Å². The number of carbonyl (C=O) groups is 1. The topological polar surface area (TPSA) is 59.4 Å². The minimum Gasteiger partial charge on any atom is -0.497 e. The number of methoxy groups -OCH3 is 1. The average Bonchev–Trinajstić information content (AvgIpc) is 3.22. The molecule has 0 radical (unpaired) electrons. The molecular formula is C27H27BrN4O2. The SMILES string of the molecule is COc1ccc(NC(=O)[C@@H]2CCCN(Cc3nc4ccccc4n3-c3cccc(Br)c3)C2)cc1. The highest BCUT2D eigenvalue weighted by Gasteiger charge is 2.27. The Labute approximate surface area is 207 Å². The number of para-hydroxylation sites is 2. The first-order valence-electron chi connectivity index (χ1n) is 11.5. The van der Waals surface area contributed by atoms with Crippen LogP contribution in [0.5, 0.6) is 5.75 Å². The Hall–Kier alpha value is -3.16. The van der Waals surface area contributed by atoms with Crippen molar-refractivity contribution in [2.75, 3.05) is 25.5 Å². The van der Waals surface area contributed by atoms with Gasteiger partial charge in [0.25, 0.3) is 0 Å². The minimum absolute atomic E-state index is 0.0560. The highest BCUT2D eigenvalue weighted by molar-refractivity contribution is 9.10. The molecule has 7 heteroatoms. The van der Waals surface area contributed by atoms with Gasteiger partial charge in [0.1, 0.15) is 11.6 Å². The zero-order valence-corrected chi connectivity index (χ0v) is 20.7. The van der Waals surface area contributed by atoms with Crippen molar-refractivity contribution >= 4 is 38.6 Å². The number of anilines is 1. The van der Waals surface area contributed by atoms with Gasteiger partial charge in [-0.15, -0.1) is 0 Å². The van der Waals surface area contributed by atoms with Crippen LogP contribution < -0.4 is 10.1 Å². The van der Waals surface area contributed by atoms with Crippen molar-refractivity contribution in [3.05, 3.63) is 83.1 Å². The number of hydrogen-bond acceptors (Lipinski definition) is 4. The number of amides is 1. The lowest BCUT2D eigenvalue weighted by atomic mass is 9.97. The third-order valence-corrected chi connectivity index (χ3v) is 6.79. The maximum atomic E-state index is 13.0. The molecule has 174 valence electrons. The average molecular weight is 519 g/mol. The van der Waals surface area contributed by atoms with Gasteiger partial charge in [-0.25, -0.2) is 4.98 Å². The van der Waals surface area contributed by atoms with Gasteiger partial charge in [0.2, 0.25) is 5.91 Å². The summed E-state index contributed by atoms with van der Waals surface area (Å²) in [6.07, 6.45) is 1.87. The van der Waals surface area contributed by atoms with Gasteiger partial charge < -0.3 is 10.1 Å². The lowest BCUT2D eigenvalue weighted by Crippen LogP contribution is -2.40. The van der Waals surface area contributed by atoms with Crippen LogP contribution in [0.2, 0.25) is 0 Å². The maximum absolute atomic E-state index is 13.0. The maximum Gasteiger partial charge on any atom is 0.228 e. The van der Waals surface area contributed by atoms with Gasteiger partial charge in [0, 0.05) is 22.4 Å². The van der Waals surface area contributed by atoms with E-state index in [4.69, 9.17) is 9.72 Å². The van der Waals surface area contributed by atoms with E-state index in [1.165, 1.54) is 0 Å². The quantitative estimate of drug-likeness (QED) is 0.358. The molecule has 5 rings (SSSR count). The van der Waals surface area contributed by atoms with Gasteiger partial charge in [-0.1, -0.05) is 34.1 Å². The van der Waals surface area contributed by atoms with Crippen LogP contribution in [0.4, 0.5) is 5.69 Å². The van der Waals surface area contributed by atoms with Crippen LogP contribution in [0.1, 0.15) is 18.7 Å². The predicted molar refractivity (Wildman–Crippen MR) is 138 cm³/mol. The lowest BCUT2D eigenvalue weighted by molar-refractivity contribution is -0.121. The summed E-state index contributed by atoms with van der Waals surface area (Å²) in [5.41, 5.74) is 3.92. The molecule has 1 fully saturated rings. The predicted octanol–water partition coefficient (Wildman–Crippen LogP) is 5.65. The largest absolute Gasteiger partial charge is 0.497 e. The summed E-state index contributed by atoms with van der Waals surface area (Å²) in [6, 6.07) is 24.0. The van der Waals surface area contributed by atoms with Gasteiger partial charge >= 0.3 is 0 Å². The second-order valence-electron chi connectivity index (χ2n) is 8.62. The molecule has 1 aromatic heterocycles. The number of carbonyl (C=O) groups excluding carboxylic acids is 1. The summed E-state index contributed by atoms with van der Waals surface area (Å²) >= 11 is 3.60. The van der Waals surface area contributed by atoms with Crippen LogP contribution >= 0.6 is 15.9 Å². The molecule has 0 unspecified atom stereocenters. The van der Waals surface area contributed by atoms with E-state index in [1.54, 1.807) is 7.11 Å². The summed E-state index contributed by atoms with van der Waals surface area (Å²) in [4.78, 5) is 20.3. The summed E-state index contributed by atoms with van der Waals surface area (Å²) in [5.74, 6) is 1.76. The van der Waals surface area contributed by atoms with Crippen molar-refractivity contribution in [1.82, 2.24) is 14.5 Å². The molecule has 2 heterocycles. The number of piperidine rings is 1. The van der Waals surface area contributed by atoms with Gasteiger partial charge in [-0.05, 0) is 74.0 Å². The summed E-state index contributed by atoms with van der Waals surface area (Å²) in [7, 11) is 1.63. The number of rotatable bonds is 6. The Morgan fingerprint density at radius 3 is 2.74 bits per heavy atom. The number of likely N-dealkylation sites (tertiary alicyclic amines) is 1. The monoisotopic (exact) mass is 518 g/mol. The van der Waals surface area contributed by atoms with E-state index in [0.29, 0.717) is 13.1 Å². The second-order valence-corrected chi connectivity index (χ2v) is 9.54. The molecule has 0 aliphatic carbocycles. The Balaban J connectivity index is 1.34. The number of imidazole rings is 1. The number of hydrogen-bond donors (Lipinski definition) is 1. The molecule has 1 saturated heterocycles. The Kier molecular flexibility index (Phi) is 6.65. The van der Waals surface area contributed by atoms with Crippen LogP contribution in [0, 0.1) is 5.92 Å². The van der Waals surface area contributed by atoms with Crippen molar-refractivity contribution in [2.24, 2.45) is 5.92 Å². The van der Waals surface area contributed by atoms with E-state index in [2.05, 4.69) is 55.0 Å². The molecule has 4 aromatic rings. The fraction of sp³-hybridized carbons (Fsp3) is 0.259. The van der Waals surface area contributed by atoms with Crippen molar-refractivity contribution in [3.63, 3.8) is 0 Å². The summed E-state index contributed by atoms with van der Waals surface area (Å²) in [6.45, 7) is 2.35. The number of nitrogens with zero attached hydrogens (tertiary/aromatic N) is 3. The first kappa shape index (κ1) is 22.6. The van der Waals surface area contributed by atoms with Crippen LogP contribution in [-0.2, 0) is 11.3 Å². The smallest absolute Gasteiger partial charge is 0.228 e. The Morgan fingerprint density at radius 2 is 1.94 bits per heavy atom. The van der Waals surface area contributed by atoms with Crippen molar-refractivity contribution in [3.8, 4) is 11.4 Å². The first-order chi connectivity index (χ1) is 16.6. The van der Waals surface area contributed by atoms with Gasteiger partial charge in [0.15, 0.2) is 0 Å². The second kappa shape index (κ2) is 9.99. The molecule has 1 aliphatic heterocycles. The number of ether oxygens (including phenoxy) is 1. The van der Waals surface area contributed by atoms with E-state index < -0.39 is 0 Å². The van der Waals surface area contributed by atoms with E-state index >= 15 is 0 Å². The molecule has 0 spiro atoms. The minimum atomic E-state index is -0.0560. The van der Waals surface area contributed by atoms with E-state index in [0.717, 1.165) is 57.8 Å². The zero-order chi connectivity index (χ0) is 23.5. The third-order valence-electron chi connectivity index (χ3n) is 6.30. The molecule has 1 amide bonds. The van der Waals surface area contributed by atoms with Gasteiger partial charge in [0.05, 0.1) is 30.6 Å². The molecule has 0 saturated carbocycles. The standard InChI is InChI=1S/C27H27BrN4O2/c1-34-23-13-11-21(12-14-23)29-27(33)19-6-5-15-31(17-19)18-26-30-24-9-2-3-10-25(24)32(26)22-8-4-7-20(28)16-22/h2-4,7-14,16,19H,5-6,15,17-18H2,1H3,(H,29,33)/t19-/m1/s1. The third kappa shape index (κ3) is 4.86. The van der Waals surface area contributed by atoms with E-state index in [1.807, 2.05) is 48.5 Å². The van der Waals surface area contributed by atoms with Gasteiger partial charge in [-0.2, -0.15) is 0 Å². The molecule has 34 heavy (non-hydrogen) atoms. The molecular weight excluding hydrogens is 492 g/mol. The molecule has 0 bridgehead atoms. The molecule has 1 atom stereocenters. The number of halogens is 1. The number of fused-ring (bicyclic) bond motifs is 1. The van der Waals surface area contributed by atoms with Crippen LogP contribution in [0.15, 0.2) is 77.3 Å². The fourth-order valence-electron chi connectivity index (χ4n) is 4.62. The first-order valence-corrected chi connectivity index (χ1v) is 12.3. The van der Waals surface area contributed by atoms with Crippen LogP contribution in [0.25, 0.3) is 16.7 Å². The highest BCUT2D eigenvalue weighted by Crippen LogP contribution is 2.26. The van der Waals surface area contributed by atoms with Crippen molar-refractivity contribution in [1.29, 1.82) is 0 Å².